The molecule has 0 aliphatic carbocycles. The molecule has 46 valence electrons. The van der Waals surface area contributed by atoms with E-state index in [4.69, 9.17) is 0 Å². The van der Waals surface area contributed by atoms with E-state index in [9.17, 15) is 4.79 Å². The predicted molar refractivity (Wildman–Crippen MR) is 33.5 cm³/mol. The smallest absolute Gasteiger partial charge is 0.245 e. The number of hydrogen-bond acceptors (Lipinski definition) is 1. The zero-order valence-electron chi connectivity index (χ0n) is 5.51. The SMILES string of the molecule is C/C=C\C(=O)N(C)C. The van der Waals surface area contributed by atoms with E-state index in [1.54, 1.807) is 20.2 Å². The fourth-order valence-corrected chi connectivity index (χ4v) is 0.292. The molecule has 0 rings (SSSR count). The standard InChI is InChI=1S/C6H11NO/c1-4-5-6(8)7(2)3/h4-5H,1-3H3/b5-4-. The van der Waals surface area contributed by atoms with Gasteiger partial charge in [0.2, 0.25) is 5.91 Å². The molecule has 0 spiro atoms. The Morgan fingerprint density at radius 3 is 2.12 bits per heavy atom. The highest BCUT2D eigenvalue weighted by Gasteiger charge is 1.92. The van der Waals surface area contributed by atoms with Crippen LogP contribution in [-0.2, 0) is 4.79 Å². The summed E-state index contributed by atoms with van der Waals surface area (Å²) in [6.45, 7) is 1.82. The Morgan fingerprint density at radius 2 is 2.00 bits per heavy atom. The monoisotopic (exact) mass is 113 g/mol. The van der Waals surface area contributed by atoms with Crippen molar-refractivity contribution in [3.63, 3.8) is 0 Å². The van der Waals surface area contributed by atoms with Crippen molar-refractivity contribution >= 4 is 5.91 Å². The third kappa shape index (κ3) is 2.39. The number of carbonyl (C=O) groups excluding carboxylic acids is 1. The van der Waals surface area contributed by atoms with Crippen molar-refractivity contribution in [3.05, 3.63) is 12.2 Å². The molecule has 1 amide bonds. The Labute approximate surface area is 49.8 Å². The number of hydrogen-bond donors (Lipinski definition) is 0. The van der Waals surface area contributed by atoms with Crippen LogP contribution in [0, 0.1) is 0 Å². The number of allylic oxidation sites excluding steroid dienone is 1. The van der Waals surface area contributed by atoms with Crippen molar-refractivity contribution < 1.29 is 4.79 Å². The lowest BCUT2D eigenvalue weighted by Gasteiger charge is -2.03. The highest BCUT2D eigenvalue weighted by Crippen LogP contribution is 1.78. The molecule has 0 bridgehead atoms. The van der Waals surface area contributed by atoms with Gasteiger partial charge in [-0.05, 0) is 13.0 Å². The van der Waals surface area contributed by atoms with Gasteiger partial charge in [-0.3, -0.25) is 4.79 Å². The van der Waals surface area contributed by atoms with E-state index in [-0.39, 0.29) is 5.91 Å². The molecule has 2 heteroatoms. The molecule has 0 aromatic rings. The zero-order valence-corrected chi connectivity index (χ0v) is 5.51. The number of nitrogens with zero attached hydrogens (tertiary/aromatic N) is 1. The molecule has 0 radical (unpaired) electrons. The molecular formula is C6H11NO. The molecular weight excluding hydrogens is 102 g/mol. The van der Waals surface area contributed by atoms with Gasteiger partial charge in [0.15, 0.2) is 0 Å². The van der Waals surface area contributed by atoms with Crippen molar-refractivity contribution in [1.82, 2.24) is 4.90 Å². The van der Waals surface area contributed by atoms with Gasteiger partial charge in [0, 0.05) is 14.1 Å². The molecule has 8 heavy (non-hydrogen) atoms. The molecule has 0 aromatic carbocycles. The molecule has 0 aliphatic heterocycles. The van der Waals surface area contributed by atoms with Gasteiger partial charge in [-0.25, -0.2) is 0 Å². The second-order valence-electron chi connectivity index (χ2n) is 1.73. The van der Waals surface area contributed by atoms with Crippen LogP contribution in [0.4, 0.5) is 0 Å². The molecule has 0 heterocycles. The molecule has 0 atom stereocenters. The van der Waals surface area contributed by atoms with Crippen LogP contribution in [0.25, 0.3) is 0 Å². The van der Waals surface area contributed by atoms with Crippen LogP contribution in [0.1, 0.15) is 6.92 Å². The summed E-state index contributed by atoms with van der Waals surface area (Å²) in [6, 6.07) is 0. The van der Waals surface area contributed by atoms with Crippen LogP contribution in [0.15, 0.2) is 12.2 Å². The average Bonchev–Trinajstić information content (AvgIpc) is 1.67. The summed E-state index contributed by atoms with van der Waals surface area (Å²) in [5.41, 5.74) is 0. The maximum atomic E-state index is 10.6. The molecule has 0 aliphatic rings. The van der Waals surface area contributed by atoms with Gasteiger partial charge in [0.05, 0.1) is 0 Å². The molecule has 0 N–H and O–H groups in total. The van der Waals surface area contributed by atoms with Gasteiger partial charge in [0.25, 0.3) is 0 Å². The van der Waals surface area contributed by atoms with Gasteiger partial charge >= 0.3 is 0 Å². The lowest BCUT2D eigenvalue weighted by Crippen LogP contribution is -2.18. The van der Waals surface area contributed by atoms with E-state index in [2.05, 4.69) is 0 Å². The minimum absolute atomic E-state index is 0.0347. The van der Waals surface area contributed by atoms with E-state index in [1.807, 2.05) is 6.92 Å². The second kappa shape index (κ2) is 3.24. The largest absolute Gasteiger partial charge is 0.345 e. The molecule has 0 saturated heterocycles. The first-order valence-corrected chi connectivity index (χ1v) is 2.52. The normalized spacial score (nSPS) is 9.88. The first kappa shape index (κ1) is 7.21. The number of likely N-dealkylation sites (N-methyl/N-ethyl adjacent to an activating group) is 1. The Hall–Kier alpha value is -0.790. The van der Waals surface area contributed by atoms with Crippen molar-refractivity contribution in [2.45, 2.75) is 6.92 Å². The fourth-order valence-electron chi connectivity index (χ4n) is 0.292. The van der Waals surface area contributed by atoms with E-state index in [0.717, 1.165) is 0 Å². The Morgan fingerprint density at radius 1 is 1.50 bits per heavy atom. The Balaban J connectivity index is 3.66. The van der Waals surface area contributed by atoms with Crippen LogP contribution >= 0.6 is 0 Å². The van der Waals surface area contributed by atoms with Crippen LogP contribution in [-0.4, -0.2) is 24.9 Å². The highest BCUT2D eigenvalue weighted by molar-refractivity contribution is 5.86. The molecule has 2 nitrogen and oxygen atoms in total. The summed E-state index contributed by atoms with van der Waals surface area (Å²) in [5, 5.41) is 0. The van der Waals surface area contributed by atoms with Gasteiger partial charge in [0.1, 0.15) is 0 Å². The van der Waals surface area contributed by atoms with Crippen LogP contribution < -0.4 is 0 Å². The summed E-state index contributed by atoms with van der Waals surface area (Å²) < 4.78 is 0. The molecule has 0 unspecified atom stereocenters. The van der Waals surface area contributed by atoms with Crippen LogP contribution in [0.3, 0.4) is 0 Å². The average molecular weight is 113 g/mol. The first-order valence-electron chi connectivity index (χ1n) is 2.52. The lowest BCUT2D eigenvalue weighted by atomic mass is 10.5. The maximum Gasteiger partial charge on any atom is 0.245 e. The molecule has 0 saturated carbocycles. The molecule has 0 fully saturated rings. The van der Waals surface area contributed by atoms with E-state index < -0.39 is 0 Å². The predicted octanol–water partition coefficient (Wildman–Crippen LogP) is 0.651. The van der Waals surface area contributed by atoms with Gasteiger partial charge < -0.3 is 4.90 Å². The third-order valence-electron chi connectivity index (χ3n) is 0.750. The van der Waals surface area contributed by atoms with Crippen LogP contribution in [0.2, 0.25) is 0 Å². The number of carbonyl (C=O) groups is 1. The van der Waals surface area contributed by atoms with Crippen molar-refractivity contribution in [3.8, 4) is 0 Å². The summed E-state index contributed by atoms with van der Waals surface area (Å²) >= 11 is 0. The van der Waals surface area contributed by atoms with E-state index in [0.29, 0.717) is 0 Å². The second-order valence-corrected chi connectivity index (χ2v) is 1.73. The summed E-state index contributed by atoms with van der Waals surface area (Å²) in [4.78, 5) is 12.1. The highest BCUT2D eigenvalue weighted by atomic mass is 16.2. The van der Waals surface area contributed by atoms with Crippen molar-refractivity contribution in [2.75, 3.05) is 14.1 Å². The van der Waals surface area contributed by atoms with E-state index in [1.165, 1.54) is 11.0 Å². The third-order valence-corrected chi connectivity index (χ3v) is 0.750. The van der Waals surface area contributed by atoms with Gasteiger partial charge in [-0.2, -0.15) is 0 Å². The lowest BCUT2D eigenvalue weighted by molar-refractivity contribution is -0.123. The fraction of sp³-hybridized carbons (Fsp3) is 0.500. The summed E-state index contributed by atoms with van der Waals surface area (Å²) in [7, 11) is 3.45. The number of rotatable bonds is 1. The first-order chi connectivity index (χ1) is 3.68. The topological polar surface area (TPSA) is 20.3 Å². The molecule has 0 aromatic heterocycles. The van der Waals surface area contributed by atoms with Gasteiger partial charge in [-0.1, -0.05) is 6.08 Å². The summed E-state index contributed by atoms with van der Waals surface area (Å²) in [5.74, 6) is 0.0347. The Bertz CT molecular complexity index is 105. The van der Waals surface area contributed by atoms with E-state index >= 15 is 0 Å². The Kier molecular flexibility index (Phi) is 2.92. The minimum atomic E-state index is 0.0347. The zero-order chi connectivity index (χ0) is 6.57. The maximum absolute atomic E-state index is 10.6. The summed E-state index contributed by atoms with van der Waals surface area (Å²) in [6.07, 6.45) is 3.25. The van der Waals surface area contributed by atoms with Gasteiger partial charge in [-0.15, -0.1) is 0 Å². The van der Waals surface area contributed by atoms with Crippen molar-refractivity contribution in [2.24, 2.45) is 0 Å². The minimum Gasteiger partial charge on any atom is -0.345 e. The quantitative estimate of drug-likeness (QED) is 0.457. The van der Waals surface area contributed by atoms with Crippen molar-refractivity contribution in [1.29, 1.82) is 0 Å². The van der Waals surface area contributed by atoms with Crippen LogP contribution in [0.5, 0.6) is 0 Å². The number of amides is 1.